The minimum atomic E-state index is -0.699. The van der Waals surface area contributed by atoms with Crippen LogP contribution in [0.5, 0.6) is 17.2 Å². The molecule has 0 aromatic heterocycles. The van der Waals surface area contributed by atoms with Crippen molar-refractivity contribution in [2.75, 3.05) is 0 Å². The van der Waals surface area contributed by atoms with Crippen molar-refractivity contribution in [3.05, 3.63) is 134 Å². The van der Waals surface area contributed by atoms with Gasteiger partial charge in [-0.05, 0) is 109 Å². The fraction of sp³-hybridized carbons (Fsp3) is 0.517. The van der Waals surface area contributed by atoms with Crippen LogP contribution in [0.25, 0.3) is 11.1 Å². The van der Waals surface area contributed by atoms with Crippen molar-refractivity contribution in [1.29, 1.82) is 0 Å². The predicted octanol–water partition coefficient (Wildman–Crippen LogP) is 15.9. The first-order valence-electron chi connectivity index (χ1n) is 22.6. The molecule has 0 aliphatic heterocycles. The molecule has 0 heterocycles. The van der Waals surface area contributed by atoms with E-state index >= 15 is 0 Å². The number of rotatable bonds is 5. The molecule has 1 aliphatic carbocycles. The summed E-state index contributed by atoms with van der Waals surface area (Å²) in [5, 5.41) is 38.6. The summed E-state index contributed by atoms with van der Waals surface area (Å²) in [7, 11) is 0. The highest BCUT2D eigenvalue weighted by Gasteiger charge is 2.49. The van der Waals surface area contributed by atoms with Crippen molar-refractivity contribution >= 4 is 11.1 Å². The van der Waals surface area contributed by atoms with E-state index in [1.54, 1.807) is 0 Å². The molecule has 0 saturated heterocycles. The van der Waals surface area contributed by atoms with Gasteiger partial charge in [-0.15, -0.1) is 0 Å². The zero-order valence-corrected chi connectivity index (χ0v) is 42.0. The number of allylic oxidation sites excluding steroid dienone is 4. The monoisotopic (exact) mass is 825 g/mol. The van der Waals surface area contributed by atoms with Gasteiger partial charge < -0.3 is 15.3 Å². The Bertz CT molecular complexity index is 2380. The second-order valence-electron chi connectivity index (χ2n) is 24.9. The zero-order valence-electron chi connectivity index (χ0n) is 42.0. The van der Waals surface area contributed by atoms with E-state index in [0.29, 0.717) is 12.2 Å². The second-order valence-corrected chi connectivity index (χ2v) is 24.9. The quantitative estimate of drug-likeness (QED) is 0.188. The second kappa shape index (κ2) is 15.5. The SMILES string of the molecule is CC1=C(c2cc(C(C)(C)C)cc(C(C)(C)C)c2O)C(C)(Cc2ccccc2)C(c2cc(C(C)(C)C)cc(C(C)(C)C)c2O)C(C)=C1c1cc(C(C)(C)C)cc(C(C)(C)C)c1O. The van der Waals surface area contributed by atoms with Crippen molar-refractivity contribution in [3.8, 4) is 17.2 Å². The molecule has 0 radical (unpaired) electrons. The van der Waals surface area contributed by atoms with Crippen LogP contribution in [-0.4, -0.2) is 15.3 Å². The van der Waals surface area contributed by atoms with Gasteiger partial charge in [-0.1, -0.05) is 192 Å². The van der Waals surface area contributed by atoms with E-state index < -0.39 is 5.41 Å². The molecule has 2 unspecified atom stereocenters. The van der Waals surface area contributed by atoms with E-state index in [9.17, 15) is 15.3 Å². The molecule has 0 fully saturated rings. The van der Waals surface area contributed by atoms with Gasteiger partial charge >= 0.3 is 0 Å². The number of phenolic OH excluding ortho intramolecular Hbond substituents is 3. The van der Waals surface area contributed by atoms with Crippen LogP contribution in [0.15, 0.2) is 77.9 Å². The molecule has 330 valence electrons. The molecule has 4 aromatic rings. The van der Waals surface area contributed by atoms with Crippen LogP contribution < -0.4 is 0 Å². The van der Waals surface area contributed by atoms with Gasteiger partial charge in [-0.25, -0.2) is 0 Å². The molecule has 2 atom stereocenters. The Morgan fingerprint density at radius 3 is 1.26 bits per heavy atom. The van der Waals surface area contributed by atoms with Gasteiger partial charge in [0.2, 0.25) is 0 Å². The van der Waals surface area contributed by atoms with Gasteiger partial charge in [0.15, 0.2) is 0 Å². The van der Waals surface area contributed by atoms with Crippen LogP contribution in [0.2, 0.25) is 0 Å². The van der Waals surface area contributed by atoms with Crippen molar-refractivity contribution in [2.45, 2.75) is 190 Å². The lowest BCUT2D eigenvalue weighted by molar-refractivity contribution is 0.356. The fourth-order valence-electron chi connectivity index (χ4n) is 9.87. The summed E-state index contributed by atoms with van der Waals surface area (Å²) < 4.78 is 0. The Morgan fingerprint density at radius 2 is 0.852 bits per heavy atom. The first-order chi connectivity index (χ1) is 27.5. The van der Waals surface area contributed by atoms with E-state index in [1.807, 2.05) is 0 Å². The van der Waals surface area contributed by atoms with Crippen LogP contribution in [0, 0.1) is 5.41 Å². The molecule has 3 nitrogen and oxygen atoms in total. The lowest BCUT2D eigenvalue weighted by Gasteiger charge is -2.48. The van der Waals surface area contributed by atoms with Crippen LogP contribution in [0.4, 0.5) is 0 Å². The maximum absolute atomic E-state index is 12.9. The Morgan fingerprint density at radius 1 is 0.475 bits per heavy atom. The average Bonchev–Trinajstić information content (AvgIpc) is 3.07. The summed E-state index contributed by atoms with van der Waals surface area (Å²) in [6.07, 6.45) is 0.644. The molecule has 0 bridgehead atoms. The lowest BCUT2D eigenvalue weighted by atomic mass is 9.55. The standard InChI is InChI=1S/C58H80O3/c1-34-46(40-27-37(52(3,4)5)30-43(49(40)59)55(12,13)14)35(2)48(42-29-39(54(9,10)11)32-45(51(42)61)57(18,19)20)58(21,33-36-25-23-22-24-26-36)47(34)41-28-38(53(6,7)8)31-44(50(41)60)56(15,16)17/h22-32,47,59-61H,33H2,1-21H3. The molecular weight excluding hydrogens is 745 g/mol. The number of aromatic hydroxyl groups is 3. The summed E-state index contributed by atoms with van der Waals surface area (Å²) in [5.41, 5.74) is 11.6. The smallest absolute Gasteiger partial charge is 0.127 e. The summed E-state index contributed by atoms with van der Waals surface area (Å²) in [6, 6.07) is 24.0. The molecular formula is C58H80O3. The summed E-state index contributed by atoms with van der Waals surface area (Å²) >= 11 is 0. The number of hydrogen-bond donors (Lipinski definition) is 3. The Labute approximate surface area is 371 Å². The Kier molecular flexibility index (Phi) is 12.2. The van der Waals surface area contributed by atoms with Crippen molar-refractivity contribution in [2.24, 2.45) is 5.41 Å². The van der Waals surface area contributed by atoms with Crippen LogP contribution in [0.1, 0.15) is 207 Å². The molecule has 0 amide bonds. The largest absolute Gasteiger partial charge is 0.507 e. The maximum atomic E-state index is 12.9. The summed E-state index contributed by atoms with van der Waals surface area (Å²) in [6.45, 7) is 46.6. The molecule has 0 spiro atoms. The lowest BCUT2D eigenvalue weighted by Crippen LogP contribution is -2.36. The molecule has 1 aliphatic rings. The third-order valence-corrected chi connectivity index (χ3v) is 13.4. The van der Waals surface area contributed by atoms with Crippen LogP contribution >= 0.6 is 0 Å². The normalized spacial score (nSPS) is 18.6. The molecule has 61 heavy (non-hydrogen) atoms. The van der Waals surface area contributed by atoms with Gasteiger partial charge in [0, 0.05) is 39.2 Å². The summed E-state index contributed by atoms with van der Waals surface area (Å²) in [4.78, 5) is 0. The predicted molar refractivity (Wildman–Crippen MR) is 263 cm³/mol. The maximum Gasteiger partial charge on any atom is 0.127 e. The average molecular weight is 825 g/mol. The molecule has 4 aromatic carbocycles. The Balaban J connectivity index is 2.16. The molecule has 0 saturated carbocycles. The van der Waals surface area contributed by atoms with Gasteiger partial charge in [0.05, 0.1) is 0 Å². The van der Waals surface area contributed by atoms with E-state index in [4.69, 9.17) is 0 Å². The molecule has 3 N–H and O–H groups in total. The highest BCUT2D eigenvalue weighted by Crippen LogP contribution is 2.63. The van der Waals surface area contributed by atoms with E-state index in [2.05, 4.69) is 212 Å². The van der Waals surface area contributed by atoms with E-state index in [0.717, 1.165) is 72.4 Å². The topological polar surface area (TPSA) is 60.7 Å². The van der Waals surface area contributed by atoms with Crippen LogP contribution in [-0.2, 0) is 38.9 Å². The van der Waals surface area contributed by atoms with Crippen molar-refractivity contribution < 1.29 is 15.3 Å². The third-order valence-electron chi connectivity index (χ3n) is 13.4. The Hall–Kier alpha value is -4.24. The van der Waals surface area contributed by atoms with Crippen LogP contribution in [0.3, 0.4) is 0 Å². The van der Waals surface area contributed by atoms with Gasteiger partial charge in [0.1, 0.15) is 17.2 Å². The molecule has 3 heteroatoms. The van der Waals surface area contributed by atoms with E-state index in [-0.39, 0.29) is 49.9 Å². The first kappa shape index (κ1) is 47.8. The highest BCUT2D eigenvalue weighted by atomic mass is 16.3. The van der Waals surface area contributed by atoms with E-state index in [1.165, 1.54) is 5.56 Å². The fourth-order valence-corrected chi connectivity index (χ4v) is 9.87. The first-order valence-corrected chi connectivity index (χ1v) is 22.6. The minimum Gasteiger partial charge on any atom is -0.507 e. The highest BCUT2D eigenvalue weighted by molar-refractivity contribution is 5.98. The van der Waals surface area contributed by atoms with Gasteiger partial charge in [-0.3, -0.25) is 0 Å². The van der Waals surface area contributed by atoms with Gasteiger partial charge in [-0.2, -0.15) is 0 Å². The van der Waals surface area contributed by atoms with Gasteiger partial charge in [0.25, 0.3) is 0 Å². The van der Waals surface area contributed by atoms with Crippen molar-refractivity contribution in [1.82, 2.24) is 0 Å². The number of hydrogen-bond acceptors (Lipinski definition) is 3. The molecule has 5 rings (SSSR count). The minimum absolute atomic E-state index is 0.199. The van der Waals surface area contributed by atoms with Crippen molar-refractivity contribution in [3.63, 3.8) is 0 Å². The zero-order chi connectivity index (χ0) is 46.4. The third kappa shape index (κ3) is 9.14. The number of benzene rings is 4. The summed E-state index contributed by atoms with van der Waals surface area (Å²) in [5.74, 6) is 0.521. The number of phenols is 3.